The summed E-state index contributed by atoms with van der Waals surface area (Å²) in [4.78, 5) is 39.6. The second-order valence-electron chi connectivity index (χ2n) is 2.94. The number of hydrogen-bond donors (Lipinski definition) is 3. The zero-order valence-corrected chi connectivity index (χ0v) is 8.54. The van der Waals surface area contributed by atoms with Gasteiger partial charge >= 0.3 is 5.69 Å². The molecular formula is C9H8N6O2. The first kappa shape index (κ1) is 10.7. The van der Waals surface area contributed by atoms with E-state index in [2.05, 4.69) is 29.9 Å². The van der Waals surface area contributed by atoms with Crippen molar-refractivity contribution in [3.8, 4) is 0 Å². The molecule has 3 N–H and O–H groups in total. The molecule has 3 aromatic heterocycles. The van der Waals surface area contributed by atoms with Crippen LogP contribution in [-0.2, 0) is 0 Å². The molecule has 3 rings (SSSR count). The fraction of sp³-hybridized carbons (Fsp3) is 0. The molecule has 0 saturated heterocycles. The Morgan fingerprint density at radius 1 is 1.06 bits per heavy atom. The Balaban J connectivity index is 0.000000153. The van der Waals surface area contributed by atoms with Crippen molar-refractivity contribution in [2.24, 2.45) is 0 Å². The Hall–Kier alpha value is -2.77. The van der Waals surface area contributed by atoms with E-state index in [-0.39, 0.29) is 11.2 Å². The predicted molar refractivity (Wildman–Crippen MR) is 59.4 cm³/mol. The van der Waals surface area contributed by atoms with Crippen LogP contribution in [0.25, 0.3) is 11.2 Å². The van der Waals surface area contributed by atoms with E-state index in [4.69, 9.17) is 0 Å². The smallest absolute Gasteiger partial charge is 0.327 e. The number of H-pyrrole nitrogens is 3. The SMILES string of the molecule is O=c1[nH]c(=O)c2[nH]cnc2[nH]1.c1cncnc1. The van der Waals surface area contributed by atoms with Crippen LogP contribution in [0.3, 0.4) is 0 Å². The maximum atomic E-state index is 10.9. The quantitative estimate of drug-likeness (QED) is 0.478. The average molecular weight is 232 g/mol. The number of aromatic nitrogens is 6. The molecule has 0 atom stereocenters. The number of hydrogen-bond acceptors (Lipinski definition) is 5. The van der Waals surface area contributed by atoms with Gasteiger partial charge in [0, 0.05) is 12.4 Å². The summed E-state index contributed by atoms with van der Waals surface area (Å²) in [6, 6.07) is 1.78. The monoisotopic (exact) mass is 232 g/mol. The minimum atomic E-state index is -0.547. The van der Waals surface area contributed by atoms with E-state index in [1.165, 1.54) is 12.7 Å². The minimum absolute atomic E-state index is 0.277. The summed E-state index contributed by atoms with van der Waals surface area (Å²) in [6.45, 7) is 0. The summed E-state index contributed by atoms with van der Waals surface area (Å²) in [5.41, 5.74) is -0.445. The van der Waals surface area contributed by atoms with Crippen molar-refractivity contribution in [3.63, 3.8) is 0 Å². The fourth-order valence-corrected chi connectivity index (χ4v) is 1.12. The normalized spacial score (nSPS) is 9.65. The zero-order chi connectivity index (χ0) is 12.1. The van der Waals surface area contributed by atoms with Crippen molar-refractivity contribution < 1.29 is 0 Å². The highest BCUT2D eigenvalue weighted by atomic mass is 16.2. The predicted octanol–water partition coefficient (Wildman–Crippen LogP) is -0.584. The third-order valence-electron chi connectivity index (χ3n) is 1.80. The second-order valence-corrected chi connectivity index (χ2v) is 2.94. The summed E-state index contributed by atoms with van der Waals surface area (Å²) in [7, 11) is 0. The summed E-state index contributed by atoms with van der Waals surface area (Å²) >= 11 is 0. The molecule has 3 aromatic rings. The highest BCUT2D eigenvalue weighted by Gasteiger charge is 1.99. The van der Waals surface area contributed by atoms with Gasteiger partial charge in [-0.1, -0.05) is 0 Å². The fourth-order valence-electron chi connectivity index (χ4n) is 1.12. The number of fused-ring (bicyclic) bond motifs is 1. The lowest BCUT2D eigenvalue weighted by atomic mass is 10.5. The summed E-state index contributed by atoms with van der Waals surface area (Å²) in [5, 5.41) is 0. The first-order chi connectivity index (χ1) is 8.27. The number of aromatic amines is 3. The van der Waals surface area contributed by atoms with Crippen LogP contribution in [0.4, 0.5) is 0 Å². The van der Waals surface area contributed by atoms with Gasteiger partial charge in [-0.15, -0.1) is 0 Å². The molecule has 86 valence electrons. The number of nitrogens with one attached hydrogen (secondary N) is 3. The van der Waals surface area contributed by atoms with E-state index in [0.29, 0.717) is 0 Å². The van der Waals surface area contributed by atoms with Crippen molar-refractivity contribution in [2.75, 3.05) is 0 Å². The molecule has 0 radical (unpaired) electrons. The van der Waals surface area contributed by atoms with Gasteiger partial charge in [0.25, 0.3) is 5.56 Å². The van der Waals surface area contributed by atoms with Gasteiger partial charge in [0.15, 0.2) is 5.65 Å². The van der Waals surface area contributed by atoms with Crippen molar-refractivity contribution in [1.82, 2.24) is 29.9 Å². The van der Waals surface area contributed by atoms with E-state index >= 15 is 0 Å². The third kappa shape index (κ3) is 2.62. The van der Waals surface area contributed by atoms with Gasteiger partial charge in [-0.2, -0.15) is 0 Å². The standard InChI is InChI=1S/C5H4N4O2.C4H4N2/c10-4-2-3(7-1-6-2)8-5(11)9-4;1-2-5-4-6-3-1/h1H,(H3,6,7,8,9,10,11);1-4H. The van der Waals surface area contributed by atoms with E-state index in [9.17, 15) is 9.59 Å². The van der Waals surface area contributed by atoms with E-state index in [1.54, 1.807) is 18.5 Å². The Labute approximate surface area is 93.8 Å². The lowest BCUT2D eigenvalue weighted by Crippen LogP contribution is -2.21. The number of nitrogens with zero attached hydrogens (tertiary/aromatic N) is 3. The van der Waals surface area contributed by atoms with Crippen LogP contribution in [-0.4, -0.2) is 29.9 Å². The van der Waals surface area contributed by atoms with Crippen LogP contribution in [0.15, 0.2) is 40.7 Å². The molecule has 17 heavy (non-hydrogen) atoms. The molecule has 8 nitrogen and oxygen atoms in total. The van der Waals surface area contributed by atoms with Crippen LogP contribution in [0.2, 0.25) is 0 Å². The molecule has 0 amide bonds. The van der Waals surface area contributed by atoms with Gasteiger partial charge in [-0.05, 0) is 6.07 Å². The lowest BCUT2D eigenvalue weighted by molar-refractivity contribution is 1.07. The van der Waals surface area contributed by atoms with E-state index in [1.807, 2.05) is 0 Å². The second kappa shape index (κ2) is 4.84. The summed E-state index contributed by atoms with van der Waals surface area (Å²) < 4.78 is 0. The molecule has 0 bridgehead atoms. The lowest BCUT2D eigenvalue weighted by Gasteiger charge is -1.83. The molecule has 3 heterocycles. The van der Waals surface area contributed by atoms with Gasteiger partial charge in [0.2, 0.25) is 0 Å². The Morgan fingerprint density at radius 3 is 2.41 bits per heavy atom. The first-order valence-electron chi connectivity index (χ1n) is 4.63. The topological polar surface area (TPSA) is 120 Å². The minimum Gasteiger partial charge on any atom is -0.339 e. The molecule has 0 spiro atoms. The van der Waals surface area contributed by atoms with E-state index < -0.39 is 11.2 Å². The number of imidazole rings is 1. The van der Waals surface area contributed by atoms with Gasteiger partial charge in [-0.3, -0.25) is 14.8 Å². The van der Waals surface area contributed by atoms with Crippen molar-refractivity contribution in [2.45, 2.75) is 0 Å². The average Bonchev–Trinajstić information content (AvgIpc) is 2.80. The summed E-state index contributed by atoms with van der Waals surface area (Å²) in [6.07, 6.45) is 6.22. The molecule has 0 saturated carbocycles. The summed E-state index contributed by atoms with van der Waals surface area (Å²) in [5.74, 6) is 0. The van der Waals surface area contributed by atoms with Gasteiger partial charge in [0.1, 0.15) is 11.8 Å². The molecular weight excluding hydrogens is 224 g/mol. The van der Waals surface area contributed by atoms with E-state index in [0.717, 1.165) is 0 Å². The molecule has 0 fully saturated rings. The molecule has 0 aliphatic carbocycles. The van der Waals surface area contributed by atoms with Crippen molar-refractivity contribution in [3.05, 3.63) is 52.0 Å². The van der Waals surface area contributed by atoms with Crippen LogP contribution in [0.1, 0.15) is 0 Å². The molecule has 0 unspecified atom stereocenters. The van der Waals surface area contributed by atoms with Crippen LogP contribution in [0.5, 0.6) is 0 Å². The third-order valence-corrected chi connectivity index (χ3v) is 1.80. The Morgan fingerprint density at radius 2 is 1.82 bits per heavy atom. The molecule has 8 heteroatoms. The highest BCUT2D eigenvalue weighted by molar-refractivity contribution is 5.67. The van der Waals surface area contributed by atoms with Gasteiger partial charge < -0.3 is 4.98 Å². The van der Waals surface area contributed by atoms with Crippen molar-refractivity contribution in [1.29, 1.82) is 0 Å². The van der Waals surface area contributed by atoms with Gasteiger partial charge in [-0.25, -0.2) is 19.7 Å². The van der Waals surface area contributed by atoms with Crippen LogP contribution in [0, 0.1) is 0 Å². The molecule has 0 aliphatic heterocycles. The Bertz CT molecular complexity index is 672. The molecule has 0 aliphatic rings. The van der Waals surface area contributed by atoms with Crippen molar-refractivity contribution >= 4 is 11.2 Å². The van der Waals surface area contributed by atoms with Crippen LogP contribution < -0.4 is 11.2 Å². The largest absolute Gasteiger partial charge is 0.339 e. The zero-order valence-electron chi connectivity index (χ0n) is 8.54. The van der Waals surface area contributed by atoms with Crippen LogP contribution >= 0.6 is 0 Å². The van der Waals surface area contributed by atoms with Gasteiger partial charge in [0.05, 0.1) is 6.33 Å². The highest BCUT2D eigenvalue weighted by Crippen LogP contribution is 1.92. The maximum Gasteiger partial charge on any atom is 0.327 e. The first-order valence-corrected chi connectivity index (χ1v) is 4.63. The maximum absolute atomic E-state index is 10.9. The number of rotatable bonds is 0. The molecule has 0 aromatic carbocycles. The Kier molecular flexibility index (Phi) is 3.05.